The van der Waals surface area contributed by atoms with Crippen molar-refractivity contribution in [1.82, 2.24) is 5.32 Å². The summed E-state index contributed by atoms with van der Waals surface area (Å²) in [7, 11) is 0. The highest BCUT2D eigenvalue weighted by Gasteiger charge is 2.22. The summed E-state index contributed by atoms with van der Waals surface area (Å²) in [6, 6.07) is 14.1. The number of anilines is 1. The van der Waals surface area contributed by atoms with Crippen molar-refractivity contribution in [2.75, 3.05) is 25.0 Å². The number of alkyl halides is 2. The molecule has 2 aromatic rings. The van der Waals surface area contributed by atoms with Crippen molar-refractivity contribution in [3.63, 3.8) is 0 Å². The second-order valence-corrected chi connectivity index (χ2v) is 5.92. The topological polar surface area (TPSA) is 59.6 Å². The molecule has 0 radical (unpaired) electrons. The third-order valence-corrected chi connectivity index (χ3v) is 4.00. The zero-order valence-electron chi connectivity index (χ0n) is 14.5. The molecule has 3 rings (SSSR count). The van der Waals surface area contributed by atoms with Gasteiger partial charge in [0.15, 0.2) is 0 Å². The summed E-state index contributed by atoms with van der Waals surface area (Å²) >= 11 is 0. The minimum atomic E-state index is -2.91. The molecular weight excluding hydrogens is 378 g/mol. The van der Waals surface area contributed by atoms with Gasteiger partial charge < -0.3 is 20.1 Å². The van der Waals surface area contributed by atoms with Gasteiger partial charge in [-0.3, -0.25) is 4.79 Å². The summed E-state index contributed by atoms with van der Waals surface area (Å²) in [5, 5.41) is 5.86. The Morgan fingerprint density at radius 2 is 2.04 bits per heavy atom. The zero-order chi connectivity index (χ0) is 18.4. The average Bonchev–Trinajstić information content (AvgIpc) is 2.65. The summed E-state index contributed by atoms with van der Waals surface area (Å²) in [4.78, 5) is 12.3. The minimum absolute atomic E-state index is 0. The van der Waals surface area contributed by atoms with Crippen LogP contribution in [0.1, 0.15) is 11.1 Å². The molecular formula is C19H21ClF2N2O3. The van der Waals surface area contributed by atoms with Gasteiger partial charge in [0.05, 0.1) is 6.61 Å². The molecule has 1 unspecified atom stereocenters. The van der Waals surface area contributed by atoms with Crippen LogP contribution < -0.4 is 15.4 Å². The maximum atomic E-state index is 12.7. The number of carbonyl (C=O) groups excluding carboxylic acids is 1. The maximum absolute atomic E-state index is 12.7. The molecule has 146 valence electrons. The fourth-order valence-electron chi connectivity index (χ4n) is 2.78. The van der Waals surface area contributed by atoms with E-state index in [1.165, 1.54) is 6.07 Å². The first-order valence-electron chi connectivity index (χ1n) is 8.36. The highest BCUT2D eigenvalue weighted by molar-refractivity contribution is 5.94. The van der Waals surface area contributed by atoms with Crippen molar-refractivity contribution in [2.24, 2.45) is 0 Å². The smallest absolute Gasteiger partial charge is 0.387 e. The molecule has 8 heteroatoms. The van der Waals surface area contributed by atoms with Crippen LogP contribution in [-0.4, -0.2) is 38.3 Å². The first-order valence-corrected chi connectivity index (χ1v) is 8.36. The van der Waals surface area contributed by atoms with Crippen LogP contribution in [0.4, 0.5) is 14.5 Å². The highest BCUT2D eigenvalue weighted by Crippen LogP contribution is 2.27. The van der Waals surface area contributed by atoms with Crippen molar-refractivity contribution in [1.29, 1.82) is 0 Å². The van der Waals surface area contributed by atoms with Crippen molar-refractivity contribution >= 4 is 24.0 Å². The van der Waals surface area contributed by atoms with Crippen LogP contribution in [0, 0.1) is 0 Å². The number of hydrogen-bond donors (Lipinski definition) is 2. The predicted octanol–water partition coefficient (Wildman–Crippen LogP) is 3.23. The molecule has 27 heavy (non-hydrogen) atoms. The Morgan fingerprint density at radius 1 is 1.26 bits per heavy atom. The van der Waals surface area contributed by atoms with Gasteiger partial charge >= 0.3 is 6.61 Å². The first-order chi connectivity index (χ1) is 12.6. The number of ether oxygens (including phenoxy) is 2. The Hall–Kier alpha value is -2.22. The van der Waals surface area contributed by atoms with Gasteiger partial charge in [-0.15, -0.1) is 12.4 Å². The summed E-state index contributed by atoms with van der Waals surface area (Å²) in [5.74, 6) is -0.178. The quantitative estimate of drug-likeness (QED) is 0.784. The van der Waals surface area contributed by atoms with Gasteiger partial charge in [-0.05, 0) is 23.8 Å². The summed E-state index contributed by atoms with van der Waals surface area (Å²) < 4.78 is 35.4. The minimum Gasteiger partial charge on any atom is -0.435 e. The molecule has 5 nitrogen and oxygen atoms in total. The molecule has 2 aromatic carbocycles. The van der Waals surface area contributed by atoms with E-state index in [4.69, 9.17) is 4.74 Å². The van der Waals surface area contributed by atoms with E-state index >= 15 is 0 Å². The number of nitrogens with one attached hydrogen (secondary N) is 2. The van der Waals surface area contributed by atoms with Gasteiger partial charge in [-0.2, -0.15) is 8.78 Å². The summed E-state index contributed by atoms with van der Waals surface area (Å²) in [6.45, 7) is -1.29. The van der Waals surface area contributed by atoms with Crippen molar-refractivity contribution in [3.05, 3.63) is 59.7 Å². The van der Waals surface area contributed by atoms with Crippen LogP contribution in [-0.2, 0) is 16.0 Å². The van der Waals surface area contributed by atoms with E-state index in [2.05, 4.69) is 15.4 Å². The molecule has 2 N–H and O–H groups in total. The standard InChI is InChI=1S/C19H20F2N2O3.ClH/c20-19(21)26-16-7-6-15(23-18(24)17-12-22-8-9-25-17)11-14(16)10-13-4-2-1-3-5-13;/h1-7,11,17,19,22H,8-10,12H2,(H,23,24);1H. The highest BCUT2D eigenvalue weighted by atomic mass is 35.5. The van der Waals surface area contributed by atoms with Crippen LogP contribution in [0.5, 0.6) is 5.75 Å². The van der Waals surface area contributed by atoms with Crippen LogP contribution in [0.2, 0.25) is 0 Å². The molecule has 1 saturated heterocycles. The molecule has 0 saturated carbocycles. The Labute approximate surface area is 162 Å². The molecule has 0 aliphatic carbocycles. The van der Waals surface area contributed by atoms with E-state index in [1.807, 2.05) is 30.3 Å². The largest absolute Gasteiger partial charge is 0.435 e. The number of amides is 1. The Kier molecular flexibility index (Phi) is 7.97. The van der Waals surface area contributed by atoms with Crippen LogP contribution in [0.15, 0.2) is 48.5 Å². The third kappa shape index (κ3) is 6.16. The lowest BCUT2D eigenvalue weighted by Gasteiger charge is -2.23. The number of morpholine rings is 1. The van der Waals surface area contributed by atoms with Crippen molar-refractivity contribution in [3.8, 4) is 5.75 Å². The number of carbonyl (C=O) groups is 1. The van der Waals surface area contributed by atoms with E-state index in [1.54, 1.807) is 12.1 Å². The van der Waals surface area contributed by atoms with E-state index in [0.717, 1.165) is 5.56 Å². The Balaban J connectivity index is 0.00000261. The predicted molar refractivity (Wildman–Crippen MR) is 101 cm³/mol. The van der Waals surface area contributed by atoms with E-state index in [9.17, 15) is 13.6 Å². The van der Waals surface area contributed by atoms with E-state index in [0.29, 0.717) is 37.4 Å². The molecule has 0 aromatic heterocycles. The Bertz CT molecular complexity index is 741. The van der Waals surface area contributed by atoms with Crippen LogP contribution in [0.25, 0.3) is 0 Å². The molecule has 1 heterocycles. The van der Waals surface area contributed by atoms with Gasteiger partial charge in [0, 0.05) is 30.8 Å². The van der Waals surface area contributed by atoms with Gasteiger partial charge in [0.2, 0.25) is 0 Å². The molecule has 1 aliphatic heterocycles. The number of rotatable bonds is 6. The lowest BCUT2D eigenvalue weighted by atomic mass is 10.0. The maximum Gasteiger partial charge on any atom is 0.387 e. The van der Waals surface area contributed by atoms with Crippen molar-refractivity contribution < 1.29 is 23.0 Å². The van der Waals surface area contributed by atoms with Gasteiger partial charge in [-0.25, -0.2) is 0 Å². The van der Waals surface area contributed by atoms with E-state index < -0.39 is 12.7 Å². The first kappa shape index (κ1) is 21.1. The SMILES string of the molecule is Cl.O=C(Nc1ccc(OC(F)F)c(Cc2ccccc2)c1)C1CNCCO1. The second kappa shape index (κ2) is 10.2. The number of benzene rings is 2. The molecule has 1 aliphatic rings. The molecule has 0 bridgehead atoms. The molecule has 1 fully saturated rings. The van der Waals surface area contributed by atoms with Gasteiger partial charge in [0.25, 0.3) is 5.91 Å². The van der Waals surface area contributed by atoms with Crippen LogP contribution in [0.3, 0.4) is 0 Å². The van der Waals surface area contributed by atoms with Gasteiger partial charge in [-0.1, -0.05) is 30.3 Å². The second-order valence-electron chi connectivity index (χ2n) is 5.92. The average molecular weight is 399 g/mol. The van der Waals surface area contributed by atoms with Gasteiger partial charge in [0.1, 0.15) is 11.9 Å². The molecule has 1 amide bonds. The van der Waals surface area contributed by atoms with Crippen LogP contribution >= 0.6 is 12.4 Å². The Morgan fingerprint density at radius 3 is 2.70 bits per heavy atom. The monoisotopic (exact) mass is 398 g/mol. The zero-order valence-corrected chi connectivity index (χ0v) is 15.3. The molecule has 1 atom stereocenters. The normalized spacial score (nSPS) is 16.5. The number of halogens is 3. The van der Waals surface area contributed by atoms with E-state index in [-0.39, 0.29) is 24.1 Å². The number of hydrogen-bond acceptors (Lipinski definition) is 4. The lowest BCUT2D eigenvalue weighted by Crippen LogP contribution is -2.45. The summed E-state index contributed by atoms with van der Waals surface area (Å²) in [6.07, 6.45) is -0.160. The third-order valence-electron chi connectivity index (χ3n) is 4.00. The fraction of sp³-hybridized carbons (Fsp3) is 0.316. The fourth-order valence-corrected chi connectivity index (χ4v) is 2.78. The summed E-state index contributed by atoms with van der Waals surface area (Å²) in [5.41, 5.74) is 2.03. The molecule has 0 spiro atoms. The lowest BCUT2D eigenvalue weighted by molar-refractivity contribution is -0.128. The van der Waals surface area contributed by atoms with Crippen molar-refractivity contribution in [2.45, 2.75) is 19.1 Å².